The van der Waals surface area contributed by atoms with E-state index in [9.17, 15) is 13.2 Å². The number of methoxy groups -OCH3 is 2. The summed E-state index contributed by atoms with van der Waals surface area (Å²) >= 11 is 0. The molecule has 2 N–H and O–H groups in total. The Hall–Kier alpha value is -3.52. The lowest BCUT2D eigenvalue weighted by Gasteiger charge is -2.15. The number of anilines is 2. The van der Waals surface area contributed by atoms with Gasteiger partial charge in [0.15, 0.2) is 0 Å². The third-order valence-corrected chi connectivity index (χ3v) is 5.78. The molecule has 3 aromatic rings. The summed E-state index contributed by atoms with van der Waals surface area (Å²) < 4.78 is 38.6. The Morgan fingerprint density at radius 2 is 1.63 bits per heavy atom. The van der Waals surface area contributed by atoms with Gasteiger partial charge in [0.2, 0.25) is 0 Å². The molecule has 0 fully saturated rings. The van der Waals surface area contributed by atoms with E-state index < -0.39 is 16.0 Å². The van der Waals surface area contributed by atoms with Crippen molar-refractivity contribution in [2.75, 3.05) is 24.3 Å². The first-order valence-corrected chi connectivity index (χ1v) is 10.6. The van der Waals surface area contributed by atoms with Crippen molar-refractivity contribution in [1.29, 1.82) is 0 Å². The van der Waals surface area contributed by atoms with Gasteiger partial charge in [-0.1, -0.05) is 30.3 Å². The van der Waals surface area contributed by atoms with Gasteiger partial charge < -0.3 is 14.8 Å². The molecule has 0 amide bonds. The van der Waals surface area contributed by atoms with Crippen molar-refractivity contribution >= 4 is 27.4 Å². The zero-order valence-electron chi connectivity index (χ0n) is 16.6. The molecule has 0 bridgehead atoms. The molecule has 0 heterocycles. The summed E-state index contributed by atoms with van der Waals surface area (Å²) in [5.41, 5.74) is 1.86. The zero-order chi connectivity index (χ0) is 21.6. The van der Waals surface area contributed by atoms with Crippen LogP contribution < -0.4 is 14.8 Å². The van der Waals surface area contributed by atoms with Crippen molar-refractivity contribution in [2.45, 2.75) is 11.4 Å². The van der Waals surface area contributed by atoms with E-state index in [1.54, 1.807) is 30.3 Å². The molecule has 0 unspecified atom stereocenters. The van der Waals surface area contributed by atoms with Crippen LogP contribution in [0.15, 0.2) is 77.7 Å². The van der Waals surface area contributed by atoms with E-state index in [4.69, 9.17) is 9.47 Å². The fraction of sp³-hybridized carbons (Fsp3) is 0.136. The lowest BCUT2D eigenvalue weighted by Crippen LogP contribution is -2.16. The lowest BCUT2D eigenvalue weighted by atomic mass is 10.2. The maximum atomic E-state index is 13.1. The van der Waals surface area contributed by atoms with E-state index in [1.165, 1.54) is 26.4 Å². The van der Waals surface area contributed by atoms with Crippen molar-refractivity contribution in [3.8, 4) is 5.75 Å². The molecule has 3 aromatic carbocycles. The monoisotopic (exact) mass is 426 g/mol. The predicted octanol–water partition coefficient (Wildman–Crippen LogP) is 3.89. The van der Waals surface area contributed by atoms with Crippen LogP contribution in [-0.4, -0.2) is 28.6 Å². The summed E-state index contributed by atoms with van der Waals surface area (Å²) in [5, 5.41) is 3.13. The van der Waals surface area contributed by atoms with Gasteiger partial charge in [-0.25, -0.2) is 13.2 Å². The minimum atomic E-state index is -3.99. The summed E-state index contributed by atoms with van der Waals surface area (Å²) in [5.74, 6) is -0.0126. The van der Waals surface area contributed by atoms with Crippen molar-refractivity contribution in [3.63, 3.8) is 0 Å². The standard InChI is InChI=1S/C22H22N2O5S/c1-28-19-11-9-18(10-12-19)24-30(26,27)21-14-17(22(25)29-2)8-13-20(21)23-15-16-6-4-3-5-7-16/h3-14,23-24H,15H2,1-2H3. The van der Waals surface area contributed by atoms with Crippen molar-refractivity contribution in [3.05, 3.63) is 83.9 Å². The van der Waals surface area contributed by atoms with E-state index >= 15 is 0 Å². The zero-order valence-corrected chi connectivity index (χ0v) is 17.4. The highest BCUT2D eigenvalue weighted by atomic mass is 32.2. The third kappa shape index (κ3) is 5.09. The Labute approximate surface area is 175 Å². The molecule has 0 spiro atoms. The Bertz CT molecular complexity index is 1110. The van der Waals surface area contributed by atoms with E-state index in [0.29, 0.717) is 23.7 Å². The average Bonchev–Trinajstić information content (AvgIpc) is 2.78. The van der Waals surface area contributed by atoms with Crippen LogP contribution in [0.5, 0.6) is 5.75 Å². The number of carbonyl (C=O) groups is 1. The maximum absolute atomic E-state index is 13.1. The lowest BCUT2D eigenvalue weighted by molar-refractivity contribution is 0.0600. The summed E-state index contributed by atoms with van der Waals surface area (Å²) in [6.07, 6.45) is 0. The second kappa shape index (κ2) is 9.32. The van der Waals surface area contributed by atoms with Crippen LogP contribution in [-0.2, 0) is 21.3 Å². The van der Waals surface area contributed by atoms with E-state index in [0.717, 1.165) is 5.56 Å². The fourth-order valence-electron chi connectivity index (χ4n) is 2.80. The van der Waals surface area contributed by atoms with E-state index in [2.05, 4.69) is 10.0 Å². The van der Waals surface area contributed by atoms with Crippen LogP contribution in [0, 0.1) is 0 Å². The smallest absolute Gasteiger partial charge is 0.337 e. The van der Waals surface area contributed by atoms with Gasteiger partial charge in [0, 0.05) is 12.2 Å². The van der Waals surface area contributed by atoms with Gasteiger partial charge in [-0.3, -0.25) is 4.72 Å². The van der Waals surface area contributed by atoms with Crippen LogP contribution in [0.2, 0.25) is 0 Å². The number of nitrogens with one attached hydrogen (secondary N) is 2. The molecule has 3 rings (SSSR count). The average molecular weight is 426 g/mol. The van der Waals surface area contributed by atoms with Gasteiger partial charge in [-0.15, -0.1) is 0 Å². The fourth-order valence-corrected chi connectivity index (χ4v) is 4.07. The number of rotatable bonds is 8. The van der Waals surface area contributed by atoms with Gasteiger partial charge in [0.05, 0.1) is 25.5 Å². The number of sulfonamides is 1. The van der Waals surface area contributed by atoms with Gasteiger partial charge in [0.1, 0.15) is 10.6 Å². The number of carbonyl (C=O) groups excluding carboxylic acids is 1. The predicted molar refractivity (Wildman–Crippen MR) is 115 cm³/mol. The molecule has 0 saturated heterocycles. The molecule has 0 atom stereocenters. The van der Waals surface area contributed by atoms with Gasteiger partial charge in [-0.2, -0.15) is 0 Å². The second-order valence-electron chi connectivity index (χ2n) is 6.38. The Balaban J connectivity index is 1.94. The number of ether oxygens (including phenoxy) is 2. The Morgan fingerprint density at radius 1 is 0.933 bits per heavy atom. The normalized spacial score (nSPS) is 10.9. The number of hydrogen-bond donors (Lipinski definition) is 2. The largest absolute Gasteiger partial charge is 0.497 e. The van der Waals surface area contributed by atoms with Crippen molar-refractivity contribution < 1.29 is 22.7 Å². The second-order valence-corrected chi connectivity index (χ2v) is 8.03. The SMILES string of the molecule is COC(=O)c1ccc(NCc2ccccc2)c(S(=O)(=O)Nc2ccc(OC)cc2)c1. The molecular weight excluding hydrogens is 404 g/mol. The number of esters is 1. The van der Waals surface area contributed by atoms with Gasteiger partial charge in [-0.05, 0) is 48.0 Å². The first kappa shape index (κ1) is 21.2. The summed E-state index contributed by atoms with van der Waals surface area (Å²) in [7, 11) is -1.22. The summed E-state index contributed by atoms with van der Waals surface area (Å²) in [6, 6.07) is 20.4. The first-order valence-electron chi connectivity index (χ1n) is 9.10. The molecular formula is C22H22N2O5S. The first-order chi connectivity index (χ1) is 14.4. The number of hydrogen-bond acceptors (Lipinski definition) is 6. The molecule has 8 heteroatoms. The summed E-state index contributed by atoms with van der Waals surface area (Å²) in [4.78, 5) is 11.9. The highest BCUT2D eigenvalue weighted by Gasteiger charge is 2.21. The van der Waals surface area contributed by atoms with Gasteiger partial charge >= 0.3 is 5.97 Å². The van der Waals surface area contributed by atoms with E-state index in [1.807, 2.05) is 30.3 Å². The van der Waals surface area contributed by atoms with Crippen LogP contribution in [0.1, 0.15) is 15.9 Å². The maximum Gasteiger partial charge on any atom is 0.337 e. The van der Waals surface area contributed by atoms with Crippen LogP contribution in [0.4, 0.5) is 11.4 Å². The third-order valence-electron chi connectivity index (χ3n) is 4.36. The molecule has 30 heavy (non-hydrogen) atoms. The molecule has 156 valence electrons. The topological polar surface area (TPSA) is 93.7 Å². The summed E-state index contributed by atoms with van der Waals surface area (Å²) in [6.45, 7) is 0.420. The van der Waals surface area contributed by atoms with Crippen LogP contribution >= 0.6 is 0 Å². The van der Waals surface area contributed by atoms with Crippen molar-refractivity contribution in [2.24, 2.45) is 0 Å². The Kier molecular flexibility index (Phi) is 6.58. The molecule has 0 saturated carbocycles. The van der Waals surface area contributed by atoms with Crippen molar-refractivity contribution in [1.82, 2.24) is 0 Å². The highest BCUT2D eigenvalue weighted by Crippen LogP contribution is 2.27. The molecule has 0 aromatic heterocycles. The quantitative estimate of drug-likeness (QED) is 0.531. The molecule has 0 radical (unpaired) electrons. The molecule has 0 aliphatic rings. The van der Waals surface area contributed by atoms with Crippen LogP contribution in [0.25, 0.3) is 0 Å². The molecule has 0 aliphatic heterocycles. The highest BCUT2D eigenvalue weighted by molar-refractivity contribution is 7.92. The van der Waals surface area contributed by atoms with E-state index in [-0.39, 0.29) is 10.5 Å². The van der Waals surface area contributed by atoms with Gasteiger partial charge in [0.25, 0.3) is 10.0 Å². The molecule has 0 aliphatic carbocycles. The van der Waals surface area contributed by atoms with Crippen LogP contribution in [0.3, 0.4) is 0 Å². The number of benzene rings is 3. The minimum Gasteiger partial charge on any atom is -0.497 e. The molecule has 7 nitrogen and oxygen atoms in total. The minimum absolute atomic E-state index is 0.0582. The Morgan fingerprint density at radius 3 is 2.27 bits per heavy atom.